The lowest BCUT2D eigenvalue weighted by atomic mass is 10.1. The first-order valence-corrected chi connectivity index (χ1v) is 9.79. The number of carbonyl (C=O) groups is 1. The molecule has 1 aliphatic rings. The molecule has 0 spiro atoms. The summed E-state index contributed by atoms with van der Waals surface area (Å²) in [4.78, 5) is 14.8. The lowest BCUT2D eigenvalue weighted by Crippen LogP contribution is -2.48. The predicted octanol–water partition coefficient (Wildman–Crippen LogP) is 2.40. The third-order valence-electron chi connectivity index (χ3n) is 5.10. The van der Waals surface area contributed by atoms with Gasteiger partial charge in [-0.25, -0.2) is 9.07 Å². The van der Waals surface area contributed by atoms with E-state index in [2.05, 4.69) is 29.2 Å². The van der Waals surface area contributed by atoms with Gasteiger partial charge in [-0.1, -0.05) is 0 Å². The van der Waals surface area contributed by atoms with Crippen molar-refractivity contribution in [3.63, 3.8) is 0 Å². The molecular weight excluding hydrogens is 359 g/mol. The highest BCUT2D eigenvalue weighted by molar-refractivity contribution is 5.79. The van der Waals surface area contributed by atoms with Gasteiger partial charge in [-0.3, -0.25) is 9.69 Å². The summed E-state index contributed by atoms with van der Waals surface area (Å²) in [5, 5.41) is 7.54. The molecule has 1 aliphatic heterocycles. The van der Waals surface area contributed by atoms with Crippen LogP contribution in [-0.2, 0) is 16.0 Å². The van der Waals surface area contributed by atoms with Crippen LogP contribution in [-0.4, -0.2) is 59.0 Å². The first kappa shape index (κ1) is 20.5. The molecule has 2 atom stereocenters. The highest BCUT2D eigenvalue weighted by Crippen LogP contribution is 2.19. The van der Waals surface area contributed by atoms with Crippen molar-refractivity contribution >= 4 is 5.91 Å². The molecule has 6 nitrogen and oxygen atoms in total. The lowest BCUT2D eigenvalue weighted by molar-refractivity contribution is -0.120. The Labute approximate surface area is 165 Å². The minimum absolute atomic E-state index is 0.0146. The van der Waals surface area contributed by atoms with Gasteiger partial charge in [-0.2, -0.15) is 5.10 Å². The standard InChI is InChI=1S/C21H29FN4O2/c1-14-12-25(13-15(2)28-14)10-9-23-21(27)11-20-16(3)24-26(17(20)4)19-7-5-18(22)6-8-19/h5-8,14-15H,9-13H2,1-4H3,(H,23,27)/t14-,15-/m1/s1. The number of morpholine rings is 1. The summed E-state index contributed by atoms with van der Waals surface area (Å²) in [6, 6.07) is 6.18. The molecule has 1 fully saturated rings. The third kappa shape index (κ3) is 4.97. The Balaban J connectivity index is 1.56. The molecule has 1 aromatic heterocycles. The van der Waals surface area contributed by atoms with Crippen LogP contribution in [0, 0.1) is 19.7 Å². The number of nitrogens with one attached hydrogen (secondary N) is 1. The first-order valence-electron chi connectivity index (χ1n) is 9.79. The van der Waals surface area contributed by atoms with Crippen LogP contribution in [0.4, 0.5) is 4.39 Å². The average molecular weight is 388 g/mol. The van der Waals surface area contributed by atoms with Crippen molar-refractivity contribution in [3.8, 4) is 5.69 Å². The van der Waals surface area contributed by atoms with Crippen molar-refractivity contribution in [1.29, 1.82) is 0 Å². The second kappa shape index (κ2) is 8.84. The largest absolute Gasteiger partial charge is 0.373 e. The molecule has 0 saturated carbocycles. The topological polar surface area (TPSA) is 59.4 Å². The van der Waals surface area contributed by atoms with Crippen LogP contribution in [0.15, 0.2) is 24.3 Å². The van der Waals surface area contributed by atoms with Crippen LogP contribution < -0.4 is 5.32 Å². The third-order valence-corrected chi connectivity index (χ3v) is 5.10. The lowest BCUT2D eigenvalue weighted by Gasteiger charge is -2.35. The van der Waals surface area contributed by atoms with Crippen molar-refractivity contribution in [1.82, 2.24) is 20.0 Å². The predicted molar refractivity (Wildman–Crippen MR) is 106 cm³/mol. The zero-order valence-corrected chi connectivity index (χ0v) is 17.0. The van der Waals surface area contributed by atoms with Gasteiger partial charge in [0.25, 0.3) is 0 Å². The monoisotopic (exact) mass is 388 g/mol. The first-order chi connectivity index (χ1) is 13.3. The molecule has 7 heteroatoms. The molecule has 2 heterocycles. The highest BCUT2D eigenvalue weighted by atomic mass is 19.1. The summed E-state index contributed by atoms with van der Waals surface area (Å²) in [6.45, 7) is 11.2. The van der Waals surface area contributed by atoms with E-state index in [0.717, 1.165) is 42.3 Å². The summed E-state index contributed by atoms with van der Waals surface area (Å²) in [5.74, 6) is -0.298. The van der Waals surface area contributed by atoms with E-state index >= 15 is 0 Å². The fraction of sp³-hybridized carbons (Fsp3) is 0.524. The van der Waals surface area contributed by atoms with E-state index in [1.807, 2.05) is 13.8 Å². The van der Waals surface area contributed by atoms with Crippen molar-refractivity contribution < 1.29 is 13.9 Å². The summed E-state index contributed by atoms with van der Waals surface area (Å²) in [6.07, 6.45) is 0.735. The molecule has 2 aromatic rings. The Morgan fingerprint density at radius 2 is 1.86 bits per heavy atom. The molecular formula is C21H29FN4O2. The van der Waals surface area contributed by atoms with E-state index in [9.17, 15) is 9.18 Å². The van der Waals surface area contributed by atoms with Gasteiger partial charge >= 0.3 is 0 Å². The second-order valence-corrected chi connectivity index (χ2v) is 7.58. The number of hydrogen-bond donors (Lipinski definition) is 1. The summed E-state index contributed by atoms with van der Waals surface area (Å²) >= 11 is 0. The number of nitrogens with zero attached hydrogens (tertiary/aromatic N) is 3. The molecule has 0 radical (unpaired) electrons. The number of carbonyl (C=O) groups excluding carboxylic acids is 1. The molecule has 1 aromatic carbocycles. The van der Waals surface area contributed by atoms with Crippen molar-refractivity contribution in [2.75, 3.05) is 26.2 Å². The molecule has 152 valence electrons. The molecule has 1 N–H and O–H groups in total. The number of amides is 1. The smallest absolute Gasteiger partial charge is 0.224 e. The van der Waals surface area contributed by atoms with Crippen molar-refractivity contribution in [2.45, 2.75) is 46.3 Å². The van der Waals surface area contributed by atoms with Crippen LogP contribution in [0.2, 0.25) is 0 Å². The van der Waals surface area contributed by atoms with Gasteiger partial charge < -0.3 is 10.1 Å². The van der Waals surface area contributed by atoms with Crippen molar-refractivity contribution in [3.05, 3.63) is 47.0 Å². The van der Waals surface area contributed by atoms with Gasteiger partial charge in [0.2, 0.25) is 5.91 Å². The van der Waals surface area contributed by atoms with Crippen molar-refractivity contribution in [2.24, 2.45) is 0 Å². The zero-order valence-electron chi connectivity index (χ0n) is 17.0. The van der Waals surface area contributed by atoms with Crippen LogP contribution >= 0.6 is 0 Å². The number of aromatic nitrogens is 2. The molecule has 0 aliphatic carbocycles. The maximum absolute atomic E-state index is 13.2. The maximum atomic E-state index is 13.2. The van der Waals surface area contributed by atoms with Crippen LogP contribution in [0.25, 0.3) is 5.69 Å². The summed E-state index contributed by atoms with van der Waals surface area (Å²) in [7, 11) is 0. The highest BCUT2D eigenvalue weighted by Gasteiger charge is 2.22. The Morgan fingerprint density at radius 1 is 1.21 bits per heavy atom. The number of aryl methyl sites for hydroxylation is 1. The van der Waals surface area contributed by atoms with Gasteiger partial charge in [0.15, 0.2) is 0 Å². The van der Waals surface area contributed by atoms with E-state index in [1.165, 1.54) is 12.1 Å². The minimum atomic E-state index is -0.283. The van der Waals surface area contributed by atoms with E-state index < -0.39 is 0 Å². The van der Waals surface area contributed by atoms with Gasteiger partial charge in [-0.15, -0.1) is 0 Å². The van der Waals surface area contributed by atoms with Gasteiger partial charge in [0.05, 0.1) is 30.0 Å². The molecule has 0 unspecified atom stereocenters. The van der Waals surface area contributed by atoms with Gasteiger partial charge in [0, 0.05) is 37.4 Å². The molecule has 0 bridgehead atoms. The Hall–Kier alpha value is -2.25. The summed E-state index contributed by atoms with van der Waals surface area (Å²) in [5.41, 5.74) is 3.41. The summed E-state index contributed by atoms with van der Waals surface area (Å²) < 4.78 is 20.7. The number of hydrogen-bond acceptors (Lipinski definition) is 4. The average Bonchev–Trinajstić information content (AvgIpc) is 2.90. The van der Waals surface area contributed by atoms with Gasteiger partial charge in [0.1, 0.15) is 5.82 Å². The SMILES string of the molecule is Cc1nn(-c2ccc(F)cc2)c(C)c1CC(=O)NCCN1C[C@@H](C)O[C@H](C)C1. The number of benzene rings is 1. The number of rotatable bonds is 6. The fourth-order valence-electron chi connectivity index (χ4n) is 3.81. The minimum Gasteiger partial charge on any atom is -0.373 e. The molecule has 3 rings (SSSR count). The van der Waals surface area contributed by atoms with Crippen LogP contribution in [0.3, 0.4) is 0 Å². The normalized spacial score (nSPS) is 20.3. The van der Waals surface area contributed by atoms with E-state index in [-0.39, 0.29) is 30.4 Å². The van der Waals surface area contributed by atoms with Crippen LogP contribution in [0.1, 0.15) is 30.8 Å². The van der Waals surface area contributed by atoms with E-state index in [0.29, 0.717) is 6.54 Å². The quantitative estimate of drug-likeness (QED) is 0.826. The fourth-order valence-corrected chi connectivity index (χ4v) is 3.81. The maximum Gasteiger partial charge on any atom is 0.224 e. The Bertz CT molecular complexity index is 809. The number of ether oxygens (including phenoxy) is 1. The second-order valence-electron chi connectivity index (χ2n) is 7.58. The Morgan fingerprint density at radius 3 is 2.50 bits per heavy atom. The number of halogens is 1. The van der Waals surface area contributed by atoms with E-state index in [1.54, 1.807) is 16.8 Å². The molecule has 28 heavy (non-hydrogen) atoms. The molecule has 1 amide bonds. The molecule has 1 saturated heterocycles. The van der Waals surface area contributed by atoms with Crippen LogP contribution in [0.5, 0.6) is 0 Å². The van der Waals surface area contributed by atoms with E-state index in [4.69, 9.17) is 4.74 Å². The zero-order chi connectivity index (χ0) is 20.3. The Kier molecular flexibility index (Phi) is 6.46. The van der Waals surface area contributed by atoms with Gasteiger partial charge in [-0.05, 0) is 52.0 Å².